The predicted molar refractivity (Wildman–Crippen MR) is 158 cm³/mol. The Balaban J connectivity index is 1.32. The number of hydrogen-bond acceptors (Lipinski definition) is 8. The highest BCUT2D eigenvalue weighted by atomic mass is 32.2. The summed E-state index contributed by atoms with van der Waals surface area (Å²) >= 11 is 1.16. The lowest BCUT2D eigenvalue weighted by Gasteiger charge is -2.13. The minimum absolute atomic E-state index is 0.000410. The maximum absolute atomic E-state index is 12.8. The zero-order valence-electron chi connectivity index (χ0n) is 21.7. The second-order valence-electron chi connectivity index (χ2n) is 8.87. The molecule has 204 valence electrons. The van der Waals surface area contributed by atoms with Crippen molar-refractivity contribution in [2.75, 3.05) is 15.8 Å². The van der Waals surface area contributed by atoms with Crippen molar-refractivity contribution in [3.8, 4) is 28.5 Å². The van der Waals surface area contributed by atoms with E-state index in [-0.39, 0.29) is 22.4 Å². The van der Waals surface area contributed by atoms with E-state index < -0.39 is 10.0 Å². The van der Waals surface area contributed by atoms with Gasteiger partial charge in [-0.1, -0.05) is 77.6 Å². The number of nitrogens with zero attached hydrogens (tertiary/aromatic N) is 3. The van der Waals surface area contributed by atoms with Crippen LogP contribution in [0.15, 0.2) is 112 Å². The van der Waals surface area contributed by atoms with Gasteiger partial charge < -0.3 is 9.84 Å². The molecule has 0 saturated carbocycles. The summed E-state index contributed by atoms with van der Waals surface area (Å²) in [4.78, 5) is 17.6. The summed E-state index contributed by atoms with van der Waals surface area (Å²) < 4.78 is 32.4. The normalized spacial score (nSPS) is 11.0. The second-order valence-corrected chi connectivity index (χ2v) is 11.5. The fraction of sp³-hybridized carbons (Fsp3) is 0.0667. The summed E-state index contributed by atoms with van der Waals surface area (Å²) in [6.07, 6.45) is 0. The highest BCUT2D eigenvalue weighted by Crippen LogP contribution is 2.34. The molecule has 0 bridgehead atoms. The Morgan fingerprint density at radius 1 is 0.951 bits per heavy atom. The van der Waals surface area contributed by atoms with Crippen LogP contribution in [0.25, 0.3) is 22.4 Å². The minimum atomic E-state index is -3.88. The Labute approximate surface area is 241 Å². The lowest BCUT2D eigenvalue weighted by Crippen LogP contribution is -2.15. The first-order valence-corrected chi connectivity index (χ1v) is 14.8. The largest absolute Gasteiger partial charge is 0.360 e. The molecule has 2 heterocycles. The van der Waals surface area contributed by atoms with Crippen molar-refractivity contribution < 1.29 is 17.7 Å². The van der Waals surface area contributed by atoms with Crippen molar-refractivity contribution in [2.45, 2.75) is 16.8 Å². The van der Waals surface area contributed by atoms with Crippen LogP contribution in [0.1, 0.15) is 11.3 Å². The zero-order chi connectivity index (χ0) is 28.8. The summed E-state index contributed by atoms with van der Waals surface area (Å²) in [5.41, 5.74) is 4.00. The molecule has 0 unspecified atom stereocenters. The van der Waals surface area contributed by atoms with Gasteiger partial charge in [0.2, 0.25) is 5.91 Å². The molecule has 11 heteroatoms. The molecule has 0 atom stereocenters. The molecule has 2 N–H and O–H groups in total. The van der Waals surface area contributed by atoms with Crippen LogP contribution in [0.2, 0.25) is 0 Å². The lowest BCUT2D eigenvalue weighted by molar-refractivity contribution is -0.113. The smallest absolute Gasteiger partial charge is 0.263 e. The van der Waals surface area contributed by atoms with Gasteiger partial charge in [0.15, 0.2) is 5.82 Å². The van der Waals surface area contributed by atoms with Crippen molar-refractivity contribution >= 4 is 39.2 Å². The Morgan fingerprint density at radius 3 is 2.22 bits per heavy atom. The number of nitriles is 1. The van der Waals surface area contributed by atoms with E-state index in [9.17, 15) is 18.5 Å². The molecule has 0 spiro atoms. The van der Waals surface area contributed by atoms with Crippen molar-refractivity contribution in [1.82, 2.24) is 10.1 Å². The summed E-state index contributed by atoms with van der Waals surface area (Å²) in [6, 6.07) is 30.6. The maximum atomic E-state index is 12.8. The third kappa shape index (κ3) is 6.63. The van der Waals surface area contributed by atoms with Gasteiger partial charge in [-0.25, -0.2) is 13.4 Å². The summed E-state index contributed by atoms with van der Waals surface area (Å²) in [6.45, 7) is 1.65. The highest BCUT2D eigenvalue weighted by Gasteiger charge is 2.18. The van der Waals surface area contributed by atoms with E-state index in [0.29, 0.717) is 27.7 Å². The molecule has 0 radical (unpaired) electrons. The lowest BCUT2D eigenvalue weighted by atomic mass is 9.99. The van der Waals surface area contributed by atoms with E-state index >= 15 is 0 Å². The van der Waals surface area contributed by atoms with Crippen molar-refractivity contribution in [2.24, 2.45) is 0 Å². The van der Waals surface area contributed by atoms with Crippen molar-refractivity contribution in [1.29, 1.82) is 5.26 Å². The highest BCUT2D eigenvalue weighted by molar-refractivity contribution is 8.00. The third-order valence-electron chi connectivity index (χ3n) is 5.91. The fourth-order valence-corrected chi connectivity index (χ4v) is 5.78. The number of benzene rings is 3. The molecular formula is C30H23N5O4S2. The van der Waals surface area contributed by atoms with E-state index in [1.165, 1.54) is 30.3 Å². The van der Waals surface area contributed by atoms with Gasteiger partial charge in [0, 0.05) is 22.9 Å². The molecule has 9 nitrogen and oxygen atoms in total. The molecule has 0 aliphatic heterocycles. The summed E-state index contributed by atoms with van der Waals surface area (Å²) in [5.74, 6) is 0.202. The zero-order valence-corrected chi connectivity index (χ0v) is 23.4. The van der Waals surface area contributed by atoms with Crippen molar-refractivity contribution in [3.05, 3.63) is 108 Å². The van der Waals surface area contributed by atoms with Gasteiger partial charge in [0.05, 0.1) is 21.9 Å². The number of carbonyl (C=O) groups excluding carboxylic acids is 1. The molecule has 41 heavy (non-hydrogen) atoms. The number of thioether (sulfide) groups is 1. The van der Waals surface area contributed by atoms with E-state index in [0.717, 1.165) is 28.5 Å². The average Bonchev–Trinajstić information content (AvgIpc) is 3.40. The Morgan fingerprint density at radius 2 is 1.61 bits per heavy atom. The number of sulfonamides is 1. The van der Waals surface area contributed by atoms with Gasteiger partial charge in [-0.05, 0) is 42.8 Å². The fourth-order valence-electron chi connectivity index (χ4n) is 4.00. The quantitative estimate of drug-likeness (QED) is 0.199. The number of rotatable bonds is 9. The molecule has 0 aliphatic rings. The molecule has 0 fully saturated rings. The van der Waals surface area contributed by atoms with Crippen LogP contribution < -0.4 is 10.0 Å². The van der Waals surface area contributed by atoms with Crippen LogP contribution in [0.3, 0.4) is 0 Å². The van der Waals surface area contributed by atoms with E-state index in [1.807, 2.05) is 66.7 Å². The topological polar surface area (TPSA) is 138 Å². The van der Waals surface area contributed by atoms with Crippen LogP contribution in [0.4, 0.5) is 11.5 Å². The van der Waals surface area contributed by atoms with Gasteiger partial charge in [-0.3, -0.25) is 9.52 Å². The number of amides is 1. The summed E-state index contributed by atoms with van der Waals surface area (Å²) in [7, 11) is -3.88. The number of nitrogens with one attached hydrogen (secondary N) is 2. The van der Waals surface area contributed by atoms with E-state index in [1.54, 1.807) is 6.92 Å². The number of pyridine rings is 1. The van der Waals surface area contributed by atoms with Gasteiger partial charge in [0.1, 0.15) is 16.9 Å². The van der Waals surface area contributed by atoms with Crippen LogP contribution in [-0.2, 0) is 14.8 Å². The molecule has 3 aromatic carbocycles. The first kappa shape index (κ1) is 27.6. The molecular weight excluding hydrogens is 558 g/mol. The first-order valence-electron chi connectivity index (χ1n) is 12.4. The maximum Gasteiger partial charge on any atom is 0.263 e. The Hall–Kier alpha value is -4.92. The number of carbonyl (C=O) groups is 1. The van der Waals surface area contributed by atoms with Crippen LogP contribution in [0, 0.1) is 18.3 Å². The third-order valence-corrected chi connectivity index (χ3v) is 8.25. The Bertz CT molecular complexity index is 1830. The molecule has 5 aromatic rings. The standard InChI is InChI=1S/C30H23N5O4S2/c1-20-16-28(34-39-20)35-41(37,38)24-14-12-23(13-15-24)32-29(36)19-40-30-26(18-31)25(21-8-4-2-5-9-21)17-27(33-30)22-10-6-3-7-11-22/h2-17H,19H2,1H3,(H,32,36)(H,34,35). The number of aromatic nitrogens is 2. The van der Waals surface area contributed by atoms with Gasteiger partial charge >= 0.3 is 0 Å². The van der Waals surface area contributed by atoms with Gasteiger partial charge in [-0.15, -0.1) is 0 Å². The molecule has 0 aliphatic carbocycles. The van der Waals surface area contributed by atoms with E-state index in [2.05, 4.69) is 21.3 Å². The Kier molecular flexibility index (Phi) is 8.14. The molecule has 1 amide bonds. The number of anilines is 2. The SMILES string of the molecule is Cc1cc(NS(=O)(=O)c2ccc(NC(=O)CSc3nc(-c4ccccc4)cc(-c4ccccc4)c3C#N)cc2)no1. The van der Waals surface area contributed by atoms with Gasteiger partial charge in [-0.2, -0.15) is 5.26 Å². The van der Waals surface area contributed by atoms with Crippen LogP contribution in [-0.4, -0.2) is 30.2 Å². The minimum Gasteiger partial charge on any atom is -0.360 e. The molecule has 2 aromatic heterocycles. The number of hydrogen-bond donors (Lipinski definition) is 2. The average molecular weight is 582 g/mol. The summed E-state index contributed by atoms with van der Waals surface area (Å²) in [5, 5.41) is 16.9. The molecule has 0 saturated heterocycles. The first-order chi connectivity index (χ1) is 19.8. The van der Waals surface area contributed by atoms with Gasteiger partial charge in [0.25, 0.3) is 10.0 Å². The predicted octanol–water partition coefficient (Wildman–Crippen LogP) is 6.12. The van der Waals surface area contributed by atoms with Crippen molar-refractivity contribution in [3.63, 3.8) is 0 Å². The second kappa shape index (κ2) is 12.1. The van der Waals surface area contributed by atoms with Crippen LogP contribution >= 0.6 is 11.8 Å². The van der Waals surface area contributed by atoms with Crippen LogP contribution in [0.5, 0.6) is 0 Å². The number of aryl methyl sites for hydroxylation is 1. The molecule has 5 rings (SSSR count). The monoisotopic (exact) mass is 581 g/mol. The van der Waals surface area contributed by atoms with E-state index in [4.69, 9.17) is 9.51 Å².